The van der Waals surface area contributed by atoms with Crippen LogP contribution in [0.15, 0.2) is 73.4 Å². The van der Waals surface area contributed by atoms with Gasteiger partial charge in [0, 0.05) is 16.0 Å². The van der Waals surface area contributed by atoms with Crippen molar-refractivity contribution in [3.63, 3.8) is 0 Å². The average Bonchev–Trinajstić information content (AvgIpc) is 3.27. The van der Waals surface area contributed by atoms with E-state index in [4.69, 9.17) is 9.15 Å². The summed E-state index contributed by atoms with van der Waals surface area (Å²) < 4.78 is 12.8. The van der Waals surface area contributed by atoms with Crippen LogP contribution in [0.2, 0.25) is 0 Å². The number of fused-ring (bicyclic) bond motifs is 1. The van der Waals surface area contributed by atoms with E-state index in [1.54, 1.807) is 42.5 Å². The van der Waals surface area contributed by atoms with Crippen LogP contribution in [-0.2, 0) is 4.74 Å². The molecule has 0 atom stereocenters. The normalized spacial score (nSPS) is 11.5. The monoisotopic (exact) mass is 493 g/mol. The summed E-state index contributed by atoms with van der Waals surface area (Å²) in [7, 11) is 1.33. The Morgan fingerprint density at radius 1 is 1.19 bits per heavy atom. The van der Waals surface area contributed by atoms with Gasteiger partial charge in [0.25, 0.3) is 5.56 Å². The zero-order valence-corrected chi connectivity index (χ0v) is 19.3. The second kappa shape index (κ2) is 8.92. The Bertz CT molecular complexity index is 1400. The minimum absolute atomic E-state index is 0.0213. The fraction of sp³-hybridized carbons (Fsp3) is 0.167. The first-order chi connectivity index (χ1) is 15.4. The van der Waals surface area contributed by atoms with Crippen molar-refractivity contribution in [2.24, 2.45) is 5.10 Å². The SMILES string of the molecule is COC(=O)c1ccccc1-c1ccc(C=Nn2c(C(C)C)nc3ccc(Br)cc3c2=O)o1. The fourth-order valence-corrected chi connectivity index (χ4v) is 3.68. The Morgan fingerprint density at radius 2 is 1.97 bits per heavy atom. The van der Waals surface area contributed by atoms with Crippen molar-refractivity contribution in [2.75, 3.05) is 7.11 Å². The Hall–Kier alpha value is -3.52. The van der Waals surface area contributed by atoms with Gasteiger partial charge in [-0.25, -0.2) is 9.78 Å². The van der Waals surface area contributed by atoms with Crippen LogP contribution in [0.1, 0.15) is 41.7 Å². The summed E-state index contributed by atoms with van der Waals surface area (Å²) in [5.74, 6) is 0.990. The molecular formula is C24H20BrN3O4. The van der Waals surface area contributed by atoms with E-state index in [9.17, 15) is 9.59 Å². The molecule has 162 valence electrons. The smallest absolute Gasteiger partial charge is 0.338 e. The zero-order valence-electron chi connectivity index (χ0n) is 17.7. The molecule has 0 radical (unpaired) electrons. The topological polar surface area (TPSA) is 86.7 Å². The van der Waals surface area contributed by atoms with Crippen LogP contribution in [0.3, 0.4) is 0 Å². The summed E-state index contributed by atoms with van der Waals surface area (Å²) >= 11 is 3.40. The maximum absolute atomic E-state index is 13.1. The molecule has 4 rings (SSSR count). The molecule has 7 nitrogen and oxygen atoms in total. The van der Waals surface area contributed by atoms with Crippen LogP contribution in [0, 0.1) is 0 Å². The number of ether oxygens (including phenoxy) is 1. The van der Waals surface area contributed by atoms with Crippen molar-refractivity contribution in [2.45, 2.75) is 19.8 Å². The molecule has 0 amide bonds. The van der Waals surface area contributed by atoms with Gasteiger partial charge in [-0.3, -0.25) is 4.79 Å². The van der Waals surface area contributed by atoms with Crippen LogP contribution < -0.4 is 5.56 Å². The van der Waals surface area contributed by atoms with Crippen LogP contribution >= 0.6 is 15.9 Å². The summed E-state index contributed by atoms with van der Waals surface area (Å²) in [5.41, 5.74) is 1.36. The van der Waals surface area contributed by atoms with Gasteiger partial charge in [0.2, 0.25) is 0 Å². The molecule has 0 bridgehead atoms. The summed E-state index contributed by atoms with van der Waals surface area (Å²) in [4.78, 5) is 29.8. The first-order valence-electron chi connectivity index (χ1n) is 9.93. The van der Waals surface area contributed by atoms with Crippen molar-refractivity contribution in [1.29, 1.82) is 0 Å². The van der Waals surface area contributed by atoms with Crippen molar-refractivity contribution in [1.82, 2.24) is 9.66 Å². The molecule has 0 N–H and O–H groups in total. The Kier molecular flexibility index (Phi) is 6.05. The second-order valence-corrected chi connectivity index (χ2v) is 8.30. The lowest BCUT2D eigenvalue weighted by molar-refractivity contribution is 0.0601. The molecule has 0 saturated heterocycles. The van der Waals surface area contributed by atoms with Gasteiger partial charge in [0.15, 0.2) is 0 Å². The molecule has 2 heterocycles. The van der Waals surface area contributed by atoms with E-state index in [0.717, 1.165) is 4.47 Å². The van der Waals surface area contributed by atoms with E-state index < -0.39 is 5.97 Å². The lowest BCUT2D eigenvalue weighted by Crippen LogP contribution is -2.23. The van der Waals surface area contributed by atoms with Gasteiger partial charge in [-0.2, -0.15) is 9.78 Å². The lowest BCUT2D eigenvalue weighted by atomic mass is 10.1. The van der Waals surface area contributed by atoms with Crippen molar-refractivity contribution >= 4 is 39.0 Å². The highest BCUT2D eigenvalue weighted by atomic mass is 79.9. The third kappa shape index (κ3) is 4.13. The van der Waals surface area contributed by atoms with Crippen molar-refractivity contribution < 1.29 is 13.9 Å². The van der Waals surface area contributed by atoms with E-state index in [1.165, 1.54) is 18.0 Å². The average molecular weight is 494 g/mol. The number of benzene rings is 2. The van der Waals surface area contributed by atoms with Gasteiger partial charge in [-0.05, 0) is 36.4 Å². The van der Waals surface area contributed by atoms with Crippen molar-refractivity contribution in [3.05, 3.63) is 86.6 Å². The van der Waals surface area contributed by atoms with Gasteiger partial charge >= 0.3 is 5.97 Å². The summed E-state index contributed by atoms with van der Waals surface area (Å²) in [6, 6.07) is 15.9. The third-order valence-corrected chi connectivity index (χ3v) is 5.37. The Labute approximate surface area is 192 Å². The molecule has 0 aliphatic rings. The molecule has 0 fully saturated rings. The largest absolute Gasteiger partial charge is 0.465 e. The minimum atomic E-state index is -0.450. The number of carbonyl (C=O) groups is 1. The van der Waals surface area contributed by atoms with E-state index in [1.807, 2.05) is 26.0 Å². The molecule has 0 aliphatic carbocycles. The van der Waals surface area contributed by atoms with Gasteiger partial charge in [0.1, 0.15) is 17.3 Å². The third-order valence-electron chi connectivity index (χ3n) is 4.87. The highest BCUT2D eigenvalue weighted by molar-refractivity contribution is 9.10. The number of esters is 1. The predicted molar refractivity (Wildman–Crippen MR) is 126 cm³/mol. The van der Waals surface area contributed by atoms with Crippen molar-refractivity contribution in [3.8, 4) is 11.3 Å². The molecule has 8 heteroatoms. The maximum Gasteiger partial charge on any atom is 0.338 e. The Balaban J connectivity index is 1.75. The molecular weight excluding hydrogens is 474 g/mol. The number of furan rings is 1. The molecule has 2 aromatic carbocycles. The standard InChI is InChI=1S/C24H20BrN3O4/c1-14(2)22-27-20-10-8-15(25)12-19(20)23(29)28(22)26-13-16-9-11-21(32-16)17-6-4-5-7-18(17)24(30)31-3/h4-14H,1-3H3. The zero-order chi connectivity index (χ0) is 22.8. The first-order valence-corrected chi connectivity index (χ1v) is 10.7. The summed E-state index contributed by atoms with van der Waals surface area (Å²) in [6.45, 7) is 3.90. The molecule has 0 spiro atoms. The number of methoxy groups -OCH3 is 1. The highest BCUT2D eigenvalue weighted by Crippen LogP contribution is 2.26. The number of aromatic nitrogens is 2. The Morgan fingerprint density at radius 3 is 2.72 bits per heavy atom. The lowest BCUT2D eigenvalue weighted by Gasteiger charge is -2.11. The maximum atomic E-state index is 13.1. The van der Waals surface area contributed by atoms with E-state index in [-0.39, 0.29) is 11.5 Å². The van der Waals surface area contributed by atoms with Crippen LogP contribution in [0.25, 0.3) is 22.2 Å². The van der Waals surface area contributed by atoms with Gasteiger partial charge < -0.3 is 9.15 Å². The van der Waals surface area contributed by atoms with Crippen LogP contribution in [0.4, 0.5) is 0 Å². The summed E-state index contributed by atoms with van der Waals surface area (Å²) in [5, 5.41) is 4.84. The predicted octanol–water partition coefficient (Wildman–Crippen LogP) is 5.21. The quantitative estimate of drug-likeness (QED) is 0.281. The number of hydrogen-bond donors (Lipinski definition) is 0. The molecule has 4 aromatic rings. The number of halogens is 1. The van der Waals surface area contributed by atoms with E-state index >= 15 is 0 Å². The van der Waals surface area contributed by atoms with Crippen LogP contribution in [-0.4, -0.2) is 29.0 Å². The molecule has 0 aliphatic heterocycles. The number of rotatable bonds is 5. The fourth-order valence-electron chi connectivity index (χ4n) is 3.32. The van der Waals surface area contributed by atoms with Gasteiger partial charge in [-0.1, -0.05) is 48.0 Å². The molecule has 0 saturated carbocycles. The minimum Gasteiger partial charge on any atom is -0.465 e. The van der Waals surface area contributed by atoms with Gasteiger partial charge in [0.05, 0.1) is 29.8 Å². The van der Waals surface area contributed by atoms with E-state index in [2.05, 4.69) is 26.0 Å². The molecule has 2 aromatic heterocycles. The summed E-state index contributed by atoms with van der Waals surface area (Å²) in [6.07, 6.45) is 1.46. The number of carbonyl (C=O) groups excluding carboxylic acids is 1. The number of nitrogens with zero attached hydrogens (tertiary/aromatic N) is 3. The van der Waals surface area contributed by atoms with E-state index in [0.29, 0.717) is 39.4 Å². The first kappa shape index (κ1) is 21.7. The van der Waals surface area contributed by atoms with Crippen LogP contribution in [0.5, 0.6) is 0 Å². The number of hydrogen-bond acceptors (Lipinski definition) is 6. The molecule has 32 heavy (non-hydrogen) atoms. The highest BCUT2D eigenvalue weighted by Gasteiger charge is 2.16. The second-order valence-electron chi connectivity index (χ2n) is 7.39. The van der Waals surface area contributed by atoms with Gasteiger partial charge in [-0.15, -0.1) is 0 Å². The molecule has 0 unspecified atom stereocenters.